The molecule has 3 unspecified atom stereocenters. The molecule has 7 heteroatoms. The molecule has 0 amide bonds. The van der Waals surface area contributed by atoms with Crippen molar-refractivity contribution in [3.8, 4) is 0 Å². The van der Waals surface area contributed by atoms with Crippen molar-refractivity contribution in [3.63, 3.8) is 0 Å². The monoisotopic (exact) mass is 280 g/mol. The smallest absolute Gasteiger partial charge is 0.199 e. The largest absolute Gasteiger partial charge is 0.459 e. The predicted octanol–water partition coefficient (Wildman–Crippen LogP) is 4.89. The van der Waals surface area contributed by atoms with Crippen LogP contribution in [0.5, 0.6) is 0 Å². The molecule has 18 heavy (non-hydrogen) atoms. The van der Waals surface area contributed by atoms with E-state index in [1.54, 1.807) is 0 Å². The Kier molecular flexibility index (Phi) is 3.94. The van der Waals surface area contributed by atoms with Gasteiger partial charge in [0, 0.05) is 5.92 Å². The van der Waals surface area contributed by atoms with E-state index in [2.05, 4.69) is 0 Å². The molecule has 0 bridgehead atoms. The molecule has 1 aliphatic carbocycles. The van der Waals surface area contributed by atoms with Gasteiger partial charge in [0.05, 0.1) is 0 Å². The van der Waals surface area contributed by atoms with Crippen LogP contribution < -0.4 is 0 Å². The second kappa shape index (κ2) is 4.56. The molecule has 3 atom stereocenters. The Morgan fingerprint density at radius 2 is 1.44 bits per heavy atom. The molecule has 0 spiro atoms. The molecule has 0 N–H and O–H groups in total. The van der Waals surface area contributed by atoms with Gasteiger partial charge in [-0.3, -0.25) is 0 Å². The Labute approximate surface area is 101 Å². The van der Waals surface area contributed by atoms with Crippen molar-refractivity contribution >= 4 is 0 Å². The van der Waals surface area contributed by atoms with E-state index in [0.717, 1.165) is 0 Å². The SMILES string of the molecule is CCC1CCC(C)C1C(F)(F)C(F)(F)C(F)(F)F. The summed E-state index contributed by atoms with van der Waals surface area (Å²) in [5.41, 5.74) is 0. The summed E-state index contributed by atoms with van der Waals surface area (Å²) in [6, 6.07) is 0. The molecule has 0 nitrogen and oxygen atoms in total. The third kappa shape index (κ3) is 2.20. The van der Waals surface area contributed by atoms with Gasteiger partial charge in [0.1, 0.15) is 0 Å². The Morgan fingerprint density at radius 3 is 1.83 bits per heavy atom. The summed E-state index contributed by atoms with van der Waals surface area (Å²) in [5.74, 6) is -14.6. The fraction of sp³-hybridized carbons (Fsp3) is 1.00. The zero-order valence-corrected chi connectivity index (χ0v) is 10.00. The van der Waals surface area contributed by atoms with Crippen molar-refractivity contribution in [2.75, 3.05) is 0 Å². The Morgan fingerprint density at radius 1 is 0.944 bits per heavy atom. The second-order valence-corrected chi connectivity index (χ2v) is 4.94. The van der Waals surface area contributed by atoms with Crippen LogP contribution in [-0.2, 0) is 0 Å². The van der Waals surface area contributed by atoms with E-state index in [4.69, 9.17) is 0 Å². The van der Waals surface area contributed by atoms with Crippen molar-refractivity contribution in [3.05, 3.63) is 0 Å². The van der Waals surface area contributed by atoms with Crippen LogP contribution in [0.15, 0.2) is 0 Å². The summed E-state index contributed by atoms with van der Waals surface area (Å²) in [6.07, 6.45) is -5.52. The summed E-state index contributed by atoms with van der Waals surface area (Å²) in [7, 11) is 0. The number of alkyl halides is 7. The maximum atomic E-state index is 13.6. The zero-order chi connectivity index (χ0) is 14.4. The summed E-state index contributed by atoms with van der Waals surface area (Å²) < 4.78 is 89.5. The van der Waals surface area contributed by atoms with Crippen LogP contribution in [0.25, 0.3) is 0 Å². The number of halogens is 7. The first-order valence-corrected chi connectivity index (χ1v) is 5.79. The van der Waals surface area contributed by atoms with E-state index in [-0.39, 0.29) is 19.3 Å². The predicted molar refractivity (Wildman–Crippen MR) is 51.6 cm³/mol. The molecule has 1 saturated carbocycles. The Hall–Kier alpha value is -0.490. The van der Waals surface area contributed by atoms with Crippen molar-refractivity contribution in [1.29, 1.82) is 0 Å². The topological polar surface area (TPSA) is 0 Å². The third-order valence-electron chi connectivity index (χ3n) is 3.83. The van der Waals surface area contributed by atoms with E-state index in [1.165, 1.54) is 13.8 Å². The molecule has 0 heterocycles. The molecule has 1 fully saturated rings. The van der Waals surface area contributed by atoms with Crippen LogP contribution in [0.1, 0.15) is 33.1 Å². The zero-order valence-electron chi connectivity index (χ0n) is 10.00. The molecule has 0 aromatic rings. The Bertz CT molecular complexity index is 294. The van der Waals surface area contributed by atoms with E-state index >= 15 is 0 Å². The summed E-state index contributed by atoms with van der Waals surface area (Å²) in [5, 5.41) is 0. The maximum Gasteiger partial charge on any atom is 0.459 e. The average molecular weight is 280 g/mol. The molecular weight excluding hydrogens is 265 g/mol. The quantitative estimate of drug-likeness (QED) is 0.645. The minimum Gasteiger partial charge on any atom is -0.199 e. The number of hydrogen-bond acceptors (Lipinski definition) is 0. The van der Waals surface area contributed by atoms with Gasteiger partial charge < -0.3 is 0 Å². The molecule has 108 valence electrons. The fourth-order valence-electron chi connectivity index (χ4n) is 2.81. The van der Waals surface area contributed by atoms with E-state index in [1.807, 2.05) is 0 Å². The third-order valence-corrected chi connectivity index (χ3v) is 3.83. The molecule has 0 aromatic heterocycles. The summed E-state index contributed by atoms with van der Waals surface area (Å²) >= 11 is 0. The van der Waals surface area contributed by atoms with Gasteiger partial charge in [-0.15, -0.1) is 0 Å². The first-order chi connectivity index (χ1) is 7.96. The van der Waals surface area contributed by atoms with Crippen LogP contribution in [-0.4, -0.2) is 18.0 Å². The molecule has 1 rings (SSSR count). The lowest BCUT2D eigenvalue weighted by Crippen LogP contribution is -2.57. The molecule has 0 radical (unpaired) electrons. The van der Waals surface area contributed by atoms with Crippen LogP contribution in [0.2, 0.25) is 0 Å². The first-order valence-electron chi connectivity index (χ1n) is 5.79. The fourth-order valence-corrected chi connectivity index (χ4v) is 2.81. The molecule has 0 aliphatic heterocycles. The van der Waals surface area contributed by atoms with Crippen LogP contribution >= 0.6 is 0 Å². The van der Waals surface area contributed by atoms with Crippen LogP contribution in [0.3, 0.4) is 0 Å². The Balaban J connectivity index is 3.12. The van der Waals surface area contributed by atoms with Gasteiger partial charge in [-0.25, -0.2) is 0 Å². The highest BCUT2D eigenvalue weighted by Crippen LogP contribution is 2.57. The van der Waals surface area contributed by atoms with Gasteiger partial charge in [0.2, 0.25) is 0 Å². The molecule has 0 aromatic carbocycles. The van der Waals surface area contributed by atoms with Crippen LogP contribution in [0, 0.1) is 17.8 Å². The van der Waals surface area contributed by atoms with Crippen molar-refractivity contribution < 1.29 is 30.7 Å². The number of rotatable bonds is 3. The van der Waals surface area contributed by atoms with Crippen molar-refractivity contribution in [2.45, 2.75) is 51.1 Å². The molecule has 0 saturated heterocycles. The lowest BCUT2D eigenvalue weighted by Gasteiger charge is -2.36. The maximum absolute atomic E-state index is 13.6. The lowest BCUT2D eigenvalue weighted by atomic mass is 9.80. The average Bonchev–Trinajstić information content (AvgIpc) is 2.57. The normalized spacial score (nSPS) is 30.8. The first kappa shape index (κ1) is 15.6. The van der Waals surface area contributed by atoms with E-state index in [9.17, 15) is 30.7 Å². The van der Waals surface area contributed by atoms with E-state index in [0.29, 0.717) is 0 Å². The second-order valence-electron chi connectivity index (χ2n) is 4.94. The van der Waals surface area contributed by atoms with Gasteiger partial charge in [0.15, 0.2) is 0 Å². The van der Waals surface area contributed by atoms with E-state index < -0.39 is 35.8 Å². The highest BCUT2D eigenvalue weighted by Gasteiger charge is 2.76. The highest BCUT2D eigenvalue weighted by atomic mass is 19.4. The van der Waals surface area contributed by atoms with Gasteiger partial charge in [-0.2, -0.15) is 30.7 Å². The minimum absolute atomic E-state index is 0.179. The highest BCUT2D eigenvalue weighted by molar-refractivity contribution is 5.01. The van der Waals surface area contributed by atoms with Gasteiger partial charge in [-0.1, -0.05) is 20.3 Å². The number of hydrogen-bond donors (Lipinski definition) is 0. The molecular formula is C11H15F7. The minimum atomic E-state index is -6.23. The van der Waals surface area contributed by atoms with Crippen molar-refractivity contribution in [2.24, 2.45) is 17.8 Å². The molecule has 1 aliphatic rings. The summed E-state index contributed by atoms with van der Waals surface area (Å²) in [6.45, 7) is 2.83. The van der Waals surface area contributed by atoms with Gasteiger partial charge in [0.25, 0.3) is 0 Å². The standard InChI is InChI=1S/C11H15F7/c1-3-7-5-4-6(2)8(7)9(12,13)10(14,15)11(16,17)18/h6-8H,3-5H2,1-2H3. The van der Waals surface area contributed by atoms with Gasteiger partial charge >= 0.3 is 18.0 Å². The van der Waals surface area contributed by atoms with Crippen molar-refractivity contribution in [1.82, 2.24) is 0 Å². The van der Waals surface area contributed by atoms with Crippen LogP contribution in [0.4, 0.5) is 30.7 Å². The summed E-state index contributed by atoms with van der Waals surface area (Å²) in [4.78, 5) is 0. The lowest BCUT2D eigenvalue weighted by molar-refractivity contribution is -0.370. The van der Waals surface area contributed by atoms with Gasteiger partial charge in [-0.05, 0) is 24.7 Å².